The van der Waals surface area contributed by atoms with Crippen molar-refractivity contribution in [2.75, 3.05) is 24.3 Å². The molecule has 6 nitrogen and oxygen atoms in total. The van der Waals surface area contributed by atoms with Crippen LogP contribution in [-0.2, 0) is 14.6 Å². The lowest BCUT2D eigenvalue weighted by Crippen LogP contribution is -2.37. The highest BCUT2D eigenvalue weighted by molar-refractivity contribution is 7.90. The Morgan fingerprint density at radius 3 is 2.83 bits per heavy atom. The van der Waals surface area contributed by atoms with Gasteiger partial charge >= 0.3 is 0 Å². The van der Waals surface area contributed by atoms with E-state index in [4.69, 9.17) is 16.3 Å². The topological polar surface area (TPSA) is 72.4 Å². The maximum absolute atomic E-state index is 11.5. The zero-order valence-electron chi connectivity index (χ0n) is 9.71. The molecule has 2 bridgehead atoms. The second kappa shape index (κ2) is 4.04. The molecule has 0 amide bonds. The van der Waals surface area contributed by atoms with E-state index in [-0.39, 0.29) is 22.5 Å². The van der Waals surface area contributed by atoms with Gasteiger partial charge in [-0.2, -0.15) is 0 Å². The van der Waals surface area contributed by atoms with Crippen LogP contribution in [-0.4, -0.2) is 49.9 Å². The number of hydrogen-bond acceptors (Lipinski definition) is 6. The Balaban J connectivity index is 2.00. The van der Waals surface area contributed by atoms with Gasteiger partial charge in [0.1, 0.15) is 11.0 Å². The zero-order chi connectivity index (χ0) is 12.9. The first-order valence-corrected chi connectivity index (χ1v) is 7.83. The number of morpholine rings is 1. The van der Waals surface area contributed by atoms with Crippen LogP contribution in [0.1, 0.15) is 6.42 Å². The van der Waals surface area contributed by atoms with Crippen molar-refractivity contribution in [3.8, 4) is 0 Å². The molecule has 0 spiro atoms. The van der Waals surface area contributed by atoms with Gasteiger partial charge in [0.25, 0.3) is 0 Å². The largest absolute Gasteiger partial charge is 0.374 e. The second-order valence-corrected chi connectivity index (χ2v) is 6.90. The van der Waals surface area contributed by atoms with Crippen molar-refractivity contribution >= 4 is 27.3 Å². The van der Waals surface area contributed by atoms with Gasteiger partial charge in [-0.25, -0.2) is 18.4 Å². The van der Waals surface area contributed by atoms with Gasteiger partial charge in [-0.3, -0.25) is 0 Å². The predicted molar refractivity (Wildman–Crippen MR) is 65.6 cm³/mol. The Bertz CT molecular complexity index is 592. The lowest BCUT2D eigenvalue weighted by Gasteiger charge is -2.27. The van der Waals surface area contributed by atoms with Crippen molar-refractivity contribution in [3.63, 3.8) is 0 Å². The number of nitrogens with zero attached hydrogens (tertiary/aromatic N) is 3. The smallest absolute Gasteiger partial charge is 0.250 e. The average Bonchev–Trinajstić information content (AvgIpc) is 2.88. The van der Waals surface area contributed by atoms with Crippen LogP contribution in [0.3, 0.4) is 0 Å². The maximum atomic E-state index is 11.5. The molecule has 3 rings (SSSR count). The minimum atomic E-state index is -3.45. The van der Waals surface area contributed by atoms with E-state index in [1.807, 2.05) is 4.90 Å². The lowest BCUT2D eigenvalue weighted by atomic mass is 10.2. The van der Waals surface area contributed by atoms with E-state index in [2.05, 4.69) is 9.97 Å². The number of ether oxygens (including phenoxy) is 1. The number of hydrogen-bond donors (Lipinski definition) is 0. The summed E-state index contributed by atoms with van der Waals surface area (Å²) in [6, 6.07) is 1.85. The van der Waals surface area contributed by atoms with Crippen molar-refractivity contribution < 1.29 is 13.2 Å². The minimum absolute atomic E-state index is 0.143. The van der Waals surface area contributed by atoms with Crippen molar-refractivity contribution in [1.29, 1.82) is 0 Å². The molecule has 3 heterocycles. The van der Waals surface area contributed by atoms with Crippen LogP contribution >= 0.6 is 11.6 Å². The highest BCUT2D eigenvalue weighted by atomic mass is 35.5. The molecule has 2 atom stereocenters. The second-order valence-electron chi connectivity index (χ2n) is 4.60. The minimum Gasteiger partial charge on any atom is -0.374 e. The Hall–Kier alpha value is -0.920. The highest BCUT2D eigenvalue weighted by Gasteiger charge is 2.40. The van der Waals surface area contributed by atoms with E-state index in [9.17, 15) is 8.42 Å². The van der Waals surface area contributed by atoms with Gasteiger partial charge in [0.05, 0.1) is 18.8 Å². The quantitative estimate of drug-likeness (QED) is 0.583. The Kier molecular flexibility index (Phi) is 2.72. The number of rotatable bonds is 2. The molecule has 8 heteroatoms. The van der Waals surface area contributed by atoms with Crippen molar-refractivity contribution in [2.24, 2.45) is 0 Å². The SMILES string of the molecule is CS(=O)(=O)c1nc(Cl)cc(N2CC3CC2CO3)n1. The molecule has 2 aliphatic heterocycles. The first-order valence-electron chi connectivity index (χ1n) is 5.56. The molecule has 0 aliphatic carbocycles. The maximum Gasteiger partial charge on any atom is 0.250 e. The molecule has 2 saturated heterocycles. The van der Waals surface area contributed by atoms with Crippen LogP contribution < -0.4 is 4.90 Å². The number of sulfone groups is 1. The number of aromatic nitrogens is 2. The van der Waals surface area contributed by atoms with E-state index in [0.29, 0.717) is 12.4 Å². The molecule has 0 saturated carbocycles. The van der Waals surface area contributed by atoms with E-state index in [0.717, 1.165) is 19.2 Å². The molecular weight excluding hydrogens is 278 g/mol. The molecule has 0 radical (unpaired) electrons. The zero-order valence-corrected chi connectivity index (χ0v) is 11.3. The van der Waals surface area contributed by atoms with Gasteiger partial charge in [0, 0.05) is 18.9 Å². The highest BCUT2D eigenvalue weighted by Crippen LogP contribution is 2.32. The standard InChI is InChI=1S/C10H12ClN3O3S/c1-18(15,16)10-12-8(11)3-9(13-10)14-4-7-2-6(14)5-17-7/h3,6-7H,2,4-5H2,1H3. The summed E-state index contributed by atoms with van der Waals surface area (Å²) in [6.45, 7) is 1.38. The van der Waals surface area contributed by atoms with Gasteiger partial charge in [-0.15, -0.1) is 0 Å². The lowest BCUT2D eigenvalue weighted by molar-refractivity contribution is 0.0988. The fourth-order valence-electron chi connectivity index (χ4n) is 2.38. The van der Waals surface area contributed by atoms with Crippen LogP contribution in [0.4, 0.5) is 5.82 Å². The van der Waals surface area contributed by atoms with E-state index in [1.54, 1.807) is 6.07 Å². The van der Waals surface area contributed by atoms with Crippen LogP contribution in [0.2, 0.25) is 5.15 Å². The van der Waals surface area contributed by atoms with E-state index < -0.39 is 9.84 Å². The molecule has 18 heavy (non-hydrogen) atoms. The first kappa shape index (κ1) is 12.1. The third-order valence-electron chi connectivity index (χ3n) is 3.19. The molecule has 0 aromatic carbocycles. The molecule has 2 aliphatic rings. The number of halogens is 1. The van der Waals surface area contributed by atoms with Gasteiger partial charge < -0.3 is 9.64 Å². The van der Waals surface area contributed by atoms with Gasteiger partial charge in [0.2, 0.25) is 15.0 Å². The average molecular weight is 290 g/mol. The fraction of sp³-hybridized carbons (Fsp3) is 0.600. The molecule has 98 valence electrons. The van der Waals surface area contributed by atoms with Crippen molar-refractivity contribution in [3.05, 3.63) is 11.2 Å². The van der Waals surface area contributed by atoms with Crippen LogP contribution in [0, 0.1) is 0 Å². The van der Waals surface area contributed by atoms with E-state index >= 15 is 0 Å². The van der Waals surface area contributed by atoms with Crippen molar-refractivity contribution in [1.82, 2.24) is 9.97 Å². The fourth-order valence-corrected chi connectivity index (χ4v) is 3.13. The van der Waals surface area contributed by atoms with E-state index in [1.165, 1.54) is 0 Å². The number of anilines is 1. The molecular formula is C10H12ClN3O3S. The summed E-state index contributed by atoms with van der Waals surface area (Å²) in [7, 11) is -3.45. The molecule has 1 aromatic heterocycles. The Morgan fingerprint density at radius 1 is 1.50 bits per heavy atom. The first-order chi connectivity index (χ1) is 8.43. The van der Waals surface area contributed by atoms with Gasteiger partial charge in [0.15, 0.2) is 0 Å². The summed E-state index contributed by atoms with van der Waals surface area (Å²) in [4.78, 5) is 9.88. The summed E-state index contributed by atoms with van der Waals surface area (Å²) in [5.74, 6) is 0.561. The summed E-state index contributed by atoms with van der Waals surface area (Å²) in [5, 5.41) is -0.0854. The summed E-state index contributed by atoms with van der Waals surface area (Å²) in [6.07, 6.45) is 2.24. The van der Waals surface area contributed by atoms with Gasteiger partial charge in [-0.05, 0) is 6.42 Å². The van der Waals surface area contributed by atoms with Crippen molar-refractivity contribution in [2.45, 2.75) is 23.7 Å². The molecule has 2 fully saturated rings. The summed E-state index contributed by atoms with van der Waals surface area (Å²) < 4.78 is 28.5. The third kappa shape index (κ3) is 2.06. The molecule has 1 aromatic rings. The van der Waals surface area contributed by atoms with Crippen LogP contribution in [0.25, 0.3) is 0 Å². The third-order valence-corrected chi connectivity index (χ3v) is 4.23. The predicted octanol–water partition coefficient (Wildman–Crippen LogP) is 0.511. The van der Waals surface area contributed by atoms with Crippen LogP contribution in [0.15, 0.2) is 11.2 Å². The van der Waals surface area contributed by atoms with Crippen LogP contribution in [0.5, 0.6) is 0 Å². The summed E-state index contributed by atoms with van der Waals surface area (Å²) in [5.41, 5.74) is 0. The summed E-state index contributed by atoms with van der Waals surface area (Å²) >= 11 is 5.86. The number of fused-ring (bicyclic) bond motifs is 2. The monoisotopic (exact) mass is 289 g/mol. The normalized spacial score (nSPS) is 26.9. The molecule has 0 N–H and O–H groups in total. The molecule has 2 unspecified atom stereocenters. The Labute approximate surface area is 110 Å². The Morgan fingerprint density at radius 2 is 2.28 bits per heavy atom. The van der Waals surface area contributed by atoms with Gasteiger partial charge in [-0.1, -0.05) is 11.6 Å².